The highest BCUT2D eigenvalue weighted by molar-refractivity contribution is 6.09. The van der Waals surface area contributed by atoms with Crippen molar-refractivity contribution in [3.63, 3.8) is 0 Å². The van der Waals surface area contributed by atoms with Crippen LogP contribution in [0.5, 0.6) is 11.5 Å². The van der Waals surface area contributed by atoms with Gasteiger partial charge in [0.1, 0.15) is 11.5 Å². The van der Waals surface area contributed by atoms with Crippen LogP contribution in [0.3, 0.4) is 0 Å². The molecule has 8 aromatic rings. The Kier molecular flexibility index (Phi) is 6.99. The third-order valence-electron chi connectivity index (χ3n) is 8.84. The van der Waals surface area contributed by atoms with E-state index in [4.69, 9.17) is 4.74 Å². The number of benzene rings is 6. The van der Waals surface area contributed by atoms with Crippen LogP contribution in [0, 0.1) is 0 Å². The molecule has 0 radical (unpaired) electrons. The fourth-order valence-corrected chi connectivity index (χ4v) is 6.33. The lowest BCUT2D eigenvalue weighted by atomic mass is 9.87. The van der Waals surface area contributed by atoms with Gasteiger partial charge in [-0.1, -0.05) is 112 Å². The van der Waals surface area contributed by atoms with E-state index in [1.807, 2.05) is 41.2 Å². The second-order valence-electron chi connectivity index (χ2n) is 13.0. The molecule has 0 saturated carbocycles. The molecule has 4 nitrogen and oxygen atoms in total. The molecule has 0 aliphatic carbocycles. The summed E-state index contributed by atoms with van der Waals surface area (Å²) in [5, 5.41) is 7.11. The third-order valence-corrected chi connectivity index (χ3v) is 8.84. The number of aromatic nitrogens is 3. The Hall–Kier alpha value is -5.87. The molecule has 2 aromatic heterocycles. The number of ether oxygens (including phenoxy) is 1. The van der Waals surface area contributed by atoms with Crippen LogP contribution in [0.2, 0.25) is 0 Å². The summed E-state index contributed by atoms with van der Waals surface area (Å²) >= 11 is 0. The van der Waals surface area contributed by atoms with Gasteiger partial charge in [-0.15, -0.1) is 0 Å². The third kappa shape index (κ3) is 5.49. The van der Waals surface area contributed by atoms with Crippen LogP contribution in [0.4, 0.5) is 0 Å². The van der Waals surface area contributed by atoms with Gasteiger partial charge in [-0.25, -0.2) is 4.68 Å². The average molecular weight is 610 g/mol. The van der Waals surface area contributed by atoms with Gasteiger partial charge in [0, 0.05) is 40.4 Å². The van der Waals surface area contributed by atoms with E-state index >= 15 is 0 Å². The van der Waals surface area contributed by atoms with Crippen LogP contribution in [0.15, 0.2) is 158 Å². The van der Waals surface area contributed by atoms with Crippen LogP contribution < -0.4 is 4.74 Å². The lowest BCUT2D eigenvalue weighted by molar-refractivity contribution is 0.483. The van der Waals surface area contributed by atoms with Gasteiger partial charge in [-0.05, 0) is 70.1 Å². The molecule has 228 valence electrons. The molecular formula is C43H35N3O. The molecular weight excluding hydrogens is 574 g/mol. The molecule has 6 aromatic carbocycles. The number of para-hydroxylation sites is 1. The number of fused-ring (bicyclic) bond motifs is 3. The number of nitrogens with zero attached hydrogens (tertiary/aromatic N) is 3. The standard InChI is InChI=1S/C43H35N3O/c1-43(2,3)34-13-9-15-36(25-34)46-41-18-8-7-17-39(41)40-24-23-38(27-42(40)46)47-37-16-10-14-35(26-37)45-29-33(28-44-45)32-21-19-31(20-22-32)30-11-5-4-6-12-30/h4-29H,1-3H3. The Bertz CT molecular complexity index is 2360. The summed E-state index contributed by atoms with van der Waals surface area (Å²) in [5.41, 5.74) is 10.3. The Morgan fingerprint density at radius 1 is 0.511 bits per heavy atom. The normalized spacial score (nSPS) is 11.7. The lowest BCUT2D eigenvalue weighted by Crippen LogP contribution is -2.11. The molecule has 0 unspecified atom stereocenters. The van der Waals surface area contributed by atoms with Gasteiger partial charge in [-0.3, -0.25) is 0 Å². The highest BCUT2D eigenvalue weighted by atomic mass is 16.5. The first-order valence-corrected chi connectivity index (χ1v) is 16.0. The van der Waals surface area contributed by atoms with Crippen molar-refractivity contribution in [1.29, 1.82) is 0 Å². The van der Waals surface area contributed by atoms with E-state index in [1.54, 1.807) is 0 Å². The summed E-state index contributed by atoms with van der Waals surface area (Å²) in [4.78, 5) is 0. The Labute approximate surface area is 275 Å². The van der Waals surface area contributed by atoms with Gasteiger partial charge in [0.15, 0.2) is 0 Å². The zero-order valence-corrected chi connectivity index (χ0v) is 26.8. The van der Waals surface area contributed by atoms with Crippen LogP contribution in [-0.4, -0.2) is 14.3 Å². The van der Waals surface area contributed by atoms with E-state index in [-0.39, 0.29) is 5.41 Å². The van der Waals surface area contributed by atoms with Crippen molar-refractivity contribution >= 4 is 21.8 Å². The molecule has 4 heteroatoms. The van der Waals surface area contributed by atoms with E-state index in [9.17, 15) is 0 Å². The fraction of sp³-hybridized carbons (Fsp3) is 0.0930. The lowest BCUT2D eigenvalue weighted by Gasteiger charge is -2.20. The van der Waals surface area contributed by atoms with Gasteiger partial charge in [0.25, 0.3) is 0 Å². The van der Waals surface area contributed by atoms with Crippen LogP contribution in [0.1, 0.15) is 26.3 Å². The molecule has 0 aliphatic heterocycles. The molecule has 2 heterocycles. The maximum atomic E-state index is 6.51. The topological polar surface area (TPSA) is 32.0 Å². The van der Waals surface area contributed by atoms with Crippen molar-refractivity contribution in [2.45, 2.75) is 26.2 Å². The van der Waals surface area contributed by atoms with Gasteiger partial charge in [0.2, 0.25) is 0 Å². The Morgan fingerprint density at radius 3 is 1.98 bits per heavy atom. The molecule has 47 heavy (non-hydrogen) atoms. The van der Waals surface area contributed by atoms with Crippen molar-refractivity contribution in [3.05, 3.63) is 164 Å². The van der Waals surface area contributed by atoms with Gasteiger partial charge in [0.05, 0.1) is 22.9 Å². The zero-order chi connectivity index (χ0) is 32.0. The number of hydrogen-bond acceptors (Lipinski definition) is 2. The summed E-state index contributed by atoms with van der Waals surface area (Å²) < 4.78 is 10.8. The van der Waals surface area contributed by atoms with Crippen molar-refractivity contribution in [2.75, 3.05) is 0 Å². The maximum Gasteiger partial charge on any atom is 0.129 e. The fourth-order valence-electron chi connectivity index (χ4n) is 6.33. The first-order valence-electron chi connectivity index (χ1n) is 16.0. The minimum absolute atomic E-state index is 0.0520. The summed E-state index contributed by atoms with van der Waals surface area (Å²) in [6, 6.07) is 51.0. The predicted octanol–water partition coefficient (Wildman–Crippen LogP) is 11.4. The second kappa shape index (κ2) is 11.5. The van der Waals surface area contributed by atoms with Gasteiger partial charge in [-0.2, -0.15) is 5.10 Å². The van der Waals surface area contributed by atoms with Crippen molar-refractivity contribution in [1.82, 2.24) is 14.3 Å². The number of rotatable bonds is 6. The molecule has 0 atom stereocenters. The average Bonchev–Trinajstić information content (AvgIpc) is 3.72. The van der Waals surface area contributed by atoms with E-state index < -0.39 is 0 Å². The van der Waals surface area contributed by atoms with Crippen molar-refractivity contribution in [2.24, 2.45) is 0 Å². The van der Waals surface area contributed by atoms with Crippen molar-refractivity contribution in [3.8, 4) is 45.1 Å². The van der Waals surface area contributed by atoms with Gasteiger partial charge < -0.3 is 9.30 Å². The monoisotopic (exact) mass is 609 g/mol. The molecule has 0 fully saturated rings. The first-order chi connectivity index (χ1) is 22.9. The summed E-state index contributed by atoms with van der Waals surface area (Å²) in [6.45, 7) is 6.77. The van der Waals surface area contributed by atoms with Crippen LogP contribution >= 0.6 is 0 Å². The number of hydrogen-bond donors (Lipinski definition) is 0. The van der Waals surface area contributed by atoms with Crippen LogP contribution in [0.25, 0.3) is 55.4 Å². The Balaban J connectivity index is 1.10. The molecule has 0 N–H and O–H groups in total. The molecule has 0 amide bonds. The van der Waals surface area contributed by atoms with E-state index in [2.05, 4.69) is 152 Å². The summed E-state index contributed by atoms with van der Waals surface area (Å²) in [7, 11) is 0. The predicted molar refractivity (Wildman–Crippen MR) is 194 cm³/mol. The minimum Gasteiger partial charge on any atom is -0.457 e. The van der Waals surface area contributed by atoms with Gasteiger partial charge >= 0.3 is 0 Å². The molecule has 0 saturated heterocycles. The van der Waals surface area contributed by atoms with E-state index in [0.29, 0.717) is 0 Å². The molecule has 0 spiro atoms. The second-order valence-corrected chi connectivity index (χ2v) is 13.0. The summed E-state index contributed by atoms with van der Waals surface area (Å²) in [5.74, 6) is 1.54. The molecule has 0 bridgehead atoms. The Morgan fingerprint density at radius 2 is 1.17 bits per heavy atom. The highest BCUT2D eigenvalue weighted by Gasteiger charge is 2.17. The first kappa shape index (κ1) is 28.6. The zero-order valence-electron chi connectivity index (χ0n) is 26.8. The quantitative estimate of drug-likeness (QED) is 0.188. The smallest absolute Gasteiger partial charge is 0.129 e. The molecule has 8 rings (SSSR count). The summed E-state index contributed by atoms with van der Waals surface area (Å²) in [6.07, 6.45) is 3.97. The maximum absolute atomic E-state index is 6.51. The SMILES string of the molecule is CC(C)(C)c1cccc(-n2c3ccccc3c3ccc(Oc4cccc(-n5cc(-c6ccc(-c7ccccc7)cc6)cn5)c4)cc32)c1. The minimum atomic E-state index is 0.0520. The largest absolute Gasteiger partial charge is 0.457 e. The van der Waals surface area contributed by atoms with E-state index in [0.717, 1.165) is 39.5 Å². The van der Waals surface area contributed by atoms with Crippen LogP contribution in [-0.2, 0) is 5.41 Å². The molecule has 0 aliphatic rings. The van der Waals surface area contributed by atoms with Crippen molar-refractivity contribution < 1.29 is 4.74 Å². The van der Waals surface area contributed by atoms with E-state index in [1.165, 1.54) is 33.0 Å². The highest BCUT2D eigenvalue weighted by Crippen LogP contribution is 2.36.